The molecule has 2 aromatic carbocycles. The molecule has 0 radical (unpaired) electrons. The molecule has 2 fully saturated rings. The number of aliphatic hydroxyl groups is 1. The van der Waals surface area contributed by atoms with E-state index >= 15 is 0 Å². The van der Waals surface area contributed by atoms with Gasteiger partial charge in [0.25, 0.3) is 11.7 Å². The van der Waals surface area contributed by atoms with Crippen molar-refractivity contribution in [2.24, 2.45) is 0 Å². The van der Waals surface area contributed by atoms with Crippen LogP contribution in [0, 0.1) is 0 Å². The van der Waals surface area contributed by atoms with Crippen molar-refractivity contribution >= 4 is 17.4 Å². The van der Waals surface area contributed by atoms with Gasteiger partial charge in [-0.15, -0.1) is 0 Å². The van der Waals surface area contributed by atoms with Crippen molar-refractivity contribution < 1.29 is 24.5 Å². The number of aryl methyl sites for hydroxylation is 1. The molecule has 30 heavy (non-hydrogen) atoms. The number of amides is 1. The van der Waals surface area contributed by atoms with Crippen LogP contribution in [0.2, 0.25) is 0 Å². The van der Waals surface area contributed by atoms with Gasteiger partial charge in [0.2, 0.25) is 0 Å². The third kappa shape index (κ3) is 3.71. The first-order valence-corrected chi connectivity index (χ1v) is 10.3. The Kier molecular flexibility index (Phi) is 5.59. The zero-order valence-corrected chi connectivity index (χ0v) is 16.9. The number of aliphatic hydroxyl groups excluding tert-OH is 1. The number of carbonyl (C=O) groups excluding carboxylic acids is 2. The second kappa shape index (κ2) is 8.32. The van der Waals surface area contributed by atoms with E-state index in [4.69, 9.17) is 4.74 Å². The highest BCUT2D eigenvalue weighted by Gasteiger charge is 2.47. The highest BCUT2D eigenvalue weighted by atomic mass is 16.5. The van der Waals surface area contributed by atoms with Gasteiger partial charge in [-0.25, -0.2) is 0 Å². The van der Waals surface area contributed by atoms with E-state index in [9.17, 15) is 19.8 Å². The fraction of sp³-hybridized carbons (Fsp3) is 0.333. The van der Waals surface area contributed by atoms with Gasteiger partial charge in [0.05, 0.1) is 17.7 Å². The first-order chi connectivity index (χ1) is 14.5. The maximum atomic E-state index is 13.0. The molecule has 0 saturated carbocycles. The van der Waals surface area contributed by atoms with Gasteiger partial charge in [-0.2, -0.15) is 0 Å². The second-order valence-corrected chi connectivity index (χ2v) is 7.73. The van der Waals surface area contributed by atoms with Gasteiger partial charge in [-0.3, -0.25) is 9.59 Å². The van der Waals surface area contributed by atoms with E-state index in [0.29, 0.717) is 17.7 Å². The maximum Gasteiger partial charge on any atom is 0.295 e. The second-order valence-electron chi connectivity index (χ2n) is 7.73. The number of nitrogens with zero attached hydrogens (tertiary/aromatic N) is 1. The average molecular weight is 407 g/mol. The highest BCUT2D eigenvalue weighted by molar-refractivity contribution is 6.46. The van der Waals surface area contributed by atoms with E-state index in [1.807, 2.05) is 19.1 Å². The number of ketones is 1. The largest absolute Gasteiger partial charge is 0.508 e. The topological polar surface area (TPSA) is 87.1 Å². The number of ether oxygens (including phenoxy) is 1. The Hall–Kier alpha value is -3.12. The van der Waals surface area contributed by atoms with Gasteiger partial charge in [0.15, 0.2) is 0 Å². The summed E-state index contributed by atoms with van der Waals surface area (Å²) in [5.74, 6) is -1.45. The van der Waals surface area contributed by atoms with Crippen LogP contribution in [0.5, 0.6) is 5.75 Å². The Morgan fingerprint density at radius 3 is 2.40 bits per heavy atom. The van der Waals surface area contributed by atoms with Crippen molar-refractivity contribution in [2.75, 3.05) is 13.2 Å². The summed E-state index contributed by atoms with van der Waals surface area (Å²) in [7, 11) is 0. The van der Waals surface area contributed by atoms with Crippen molar-refractivity contribution in [1.29, 1.82) is 0 Å². The number of hydrogen-bond acceptors (Lipinski definition) is 5. The molecular formula is C24H25NO5. The highest BCUT2D eigenvalue weighted by Crippen LogP contribution is 2.40. The summed E-state index contributed by atoms with van der Waals surface area (Å²) in [4.78, 5) is 27.4. The van der Waals surface area contributed by atoms with Crippen LogP contribution < -0.4 is 0 Å². The smallest absolute Gasteiger partial charge is 0.295 e. The van der Waals surface area contributed by atoms with Gasteiger partial charge in [-0.1, -0.05) is 43.3 Å². The van der Waals surface area contributed by atoms with E-state index in [0.717, 1.165) is 24.8 Å². The van der Waals surface area contributed by atoms with Crippen LogP contribution in [-0.2, 0) is 20.7 Å². The Morgan fingerprint density at radius 2 is 1.80 bits per heavy atom. The lowest BCUT2D eigenvalue weighted by Crippen LogP contribution is -2.36. The third-order valence-corrected chi connectivity index (χ3v) is 5.81. The van der Waals surface area contributed by atoms with Crippen LogP contribution in [0.1, 0.15) is 42.5 Å². The van der Waals surface area contributed by atoms with Gasteiger partial charge < -0.3 is 19.8 Å². The number of hydrogen-bond donors (Lipinski definition) is 2. The Bertz CT molecular complexity index is 972. The first-order valence-electron chi connectivity index (χ1n) is 10.3. The molecule has 2 atom stereocenters. The molecule has 0 aromatic heterocycles. The van der Waals surface area contributed by atoms with Crippen molar-refractivity contribution in [3.63, 3.8) is 0 Å². The minimum atomic E-state index is -0.736. The predicted molar refractivity (Wildman–Crippen MR) is 112 cm³/mol. The molecule has 2 heterocycles. The Labute approximate surface area is 175 Å². The molecule has 2 N–H and O–H groups in total. The van der Waals surface area contributed by atoms with E-state index in [-0.39, 0.29) is 29.7 Å². The third-order valence-electron chi connectivity index (χ3n) is 5.81. The lowest BCUT2D eigenvalue weighted by Gasteiger charge is -2.27. The molecule has 6 heteroatoms. The lowest BCUT2D eigenvalue weighted by atomic mass is 9.94. The van der Waals surface area contributed by atoms with Gasteiger partial charge in [-0.05, 0) is 42.5 Å². The van der Waals surface area contributed by atoms with E-state index in [2.05, 4.69) is 0 Å². The van der Waals surface area contributed by atoms with Crippen LogP contribution in [0.4, 0.5) is 0 Å². The minimum absolute atomic E-state index is 0.0629. The number of likely N-dealkylation sites (tertiary alicyclic amines) is 1. The molecule has 2 unspecified atom stereocenters. The Balaban J connectivity index is 1.80. The Morgan fingerprint density at radius 1 is 1.10 bits per heavy atom. The van der Waals surface area contributed by atoms with Gasteiger partial charge >= 0.3 is 0 Å². The molecule has 0 spiro atoms. The molecule has 2 aromatic rings. The van der Waals surface area contributed by atoms with Crippen molar-refractivity contribution in [3.8, 4) is 5.75 Å². The van der Waals surface area contributed by atoms with Crippen molar-refractivity contribution in [1.82, 2.24) is 4.90 Å². The molecule has 6 nitrogen and oxygen atoms in total. The van der Waals surface area contributed by atoms with Crippen LogP contribution in [-0.4, -0.2) is 46.1 Å². The molecule has 2 aliphatic rings. The number of rotatable bonds is 5. The molecular weight excluding hydrogens is 382 g/mol. The van der Waals surface area contributed by atoms with E-state index in [1.54, 1.807) is 24.3 Å². The SMILES string of the molecule is CCc1ccc(/C(O)=C2/C(=O)C(=O)N(CC3CCCO3)C2c2ccc(O)cc2)cc1. The molecule has 0 bridgehead atoms. The van der Waals surface area contributed by atoms with Crippen LogP contribution >= 0.6 is 0 Å². The van der Waals surface area contributed by atoms with E-state index in [1.165, 1.54) is 17.0 Å². The zero-order chi connectivity index (χ0) is 21.3. The number of Topliss-reactive ketones (excluding diaryl/α,β-unsaturated/α-hetero) is 1. The van der Waals surface area contributed by atoms with Crippen molar-refractivity contribution in [3.05, 3.63) is 70.8 Å². The number of phenols is 1. The van der Waals surface area contributed by atoms with Gasteiger partial charge in [0.1, 0.15) is 11.5 Å². The molecule has 4 rings (SSSR count). The zero-order valence-electron chi connectivity index (χ0n) is 16.9. The fourth-order valence-corrected chi connectivity index (χ4v) is 4.13. The summed E-state index contributed by atoms with van der Waals surface area (Å²) >= 11 is 0. The van der Waals surface area contributed by atoms with Crippen LogP contribution in [0.15, 0.2) is 54.1 Å². The molecule has 1 amide bonds. The number of carbonyl (C=O) groups is 2. The maximum absolute atomic E-state index is 13.0. The van der Waals surface area contributed by atoms with Crippen molar-refractivity contribution in [2.45, 2.75) is 38.3 Å². The van der Waals surface area contributed by atoms with E-state index < -0.39 is 17.7 Å². The predicted octanol–water partition coefficient (Wildman–Crippen LogP) is 3.56. The summed E-state index contributed by atoms with van der Waals surface area (Å²) in [6, 6.07) is 12.9. The molecule has 0 aliphatic carbocycles. The summed E-state index contributed by atoms with van der Waals surface area (Å²) in [5.41, 5.74) is 2.32. The summed E-state index contributed by atoms with van der Waals surface area (Å²) in [6.07, 6.45) is 2.47. The van der Waals surface area contributed by atoms with Crippen LogP contribution in [0.3, 0.4) is 0 Å². The fourth-order valence-electron chi connectivity index (χ4n) is 4.13. The standard InChI is InChI=1S/C24H25NO5/c1-2-15-5-7-17(8-6-15)22(27)20-21(16-9-11-18(26)12-10-16)25(24(29)23(20)28)14-19-4-3-13-30-19/h5-12,19,21,26-27H,2-4,13-14H2,1H3/b22-20-. The van der Waals surface area contributed by atoms with Crippen LogP contribution in [0.25, 0.3) is 5.76 Å². The number of aromatic hydroxyl groups is 1. The summed E-state index contributed by atoms with van der Waals surface area (Å²) in [5, 5.41) is 20.7. The molecule has 156 valence electrons. The normalized spacial score (nSPS) is 23.3. The lowest BCUT2D eigenvalue weighted by molar-refractivity contribution is -0.140. The average Bonchev–Trinajstić information content (AvgIpc) is 3.36. The first kappa shape index (κ1) is 20.2. The summed E-state index contributed by atoms with van der Waals surface area (Å²) in [6.45, 7) is 2.96. The molecule has 2 saturated heterocycles. The minimum Gasteiger partial charge on any atom is -0.508 e. The summed E-state index contributed by atoms with van der Waals surface area (Å²) < 4.78 is 5.68. The van der Waals surface area contributed by atoms with Gasteiger partial charge in [0, 0.05) is 18.7 Å². The number of benzene rings is 2. The molecule has 2 aliphatic heterocycles. The number of phenolic OH excluding ortho intramolecular Hbond substituents is 1. The quantitative estimate of drug-likeness (QED) is 0.450. The monoisotopic (exact) mass is 407 g/mol.